The fraction of sp³-hybridized carbons (Fsp3) is 0.435. The van der Waals surface area contributed by atoms with E-state index in [0.29, 0.717) is 33.7 Å². The lowest BCUT2D eigenvalue weighted by Crippen LogP contribution is -2.32. The highest BCUT2D eigenvalue weighted by Gasteiger charge is 2.29. The molecule has 170 valence electrons. The van der Waals surface area contributed by atoms with Gasteiger partial charge in [0.2, 0.25) is 0 Å². The Hall–Kier alpha value is -2.51. The van der Waals surface area contributed by atoms with E-state index in [1.807, 2.05) is 6.92 Å². The molecule has 2 aromatic rings. The number of hydrogen-bond donors (Lipinski definition) is 2. The van der Waals surface area contributed by atoms with Crippen LogP contribution in [0.15, 0.2) is 27.7 Å². The van der Waals surface area contributed by atoms with Crippen LogP contribution < -0.4 is 15.5 Å². The number of nitrogens with one attached hydrogen (secondary N) is 2. The molecule has 0 atom stereocenters. The van der Waals surface area contributed by atoms with Crippen molar-refractivity contribution in [3.05, 3.63) is 50.9 Å². The summed E-state index contributed by atoms with van der Waals surface area (Å²) >= 11 is 11.9. The van der Waals surface area contributed by atoms with Gasteiger partial charge in [0.05, 0.1) is 10.7 Å². The summed E-state index contributed by atoms with van der Waals surface area (Å²) in [7, 11) is 0. The molecule has 1 saturated carbocycles. The number of hydrogen-bond acceptors (Lipinski definition) is 5. The van der Waals surface area contributed by atoms with Crippen LogP contribution in [0.5, 0.6) is 5.75 Å². The number of carbonyl (C=O) groups is 2. The first-order chi connectivity index (χ1) is 15.4. The van der Waals surface area contributed by atoms with Gasteiger partial charge in [-0.2, -0.15) is 5.10 Å². The number of hydrazone groups is 1. The predicted molar refractivity (Wildman–Crippen MR) is 123 cm³/mol. The van der Waals surface area contributed by atoms with E-state index in [1.165, 1.54) is 0 Å². The van der Waals surface area contributed by atoms with E-state index in [-0.39, 0.29) is 18.6 Å². The number of nitrogens with zero attached hydrogens (tertiary/aromatic N) is 1. The molecular formula is C23H25Cl2N3O4. The van der Waals surface area contributed by atoms with E-state index in [4.69, 9.17) is 32.4 Å². The van der Waals surface area contributed by atoms with Gasteiger partial charge in [-0.1, -0.05) is 36.0 Å². The first kappa shape index (κ1) is 22.7. The summed E-state index contributed by atoms with van der Waals surface area (Å²) < 4.78 is 11.4. The van der Waals surface area contributed by atoms with Crippen LogP contribution in [-0.2, 0) is 11.2 Å². The SMILES string of the molecule is Cc1c(C(=O)NC2CCCC2)oc2c1/C(=N/NC(=O)COc1ccc(Cl)cc1Cl)CCC2. The van der Waals surface area contributed by atoms with Gasteiger partial charge in [-0.15, -0.1) is 0 Å². The summed E-state index contributed by atoms with van der Waals surface area (Å²) in [6.45, 7) is 1.62. The van der Waals surface area contributed by atoms with Crippen molar-refractivity contribution >= 4 is 40.7 Å². The molecule has 2 aliphatic carbocycles. The van der Waals surface area contributed by atoms with Crippen molar-refractivity contribution in [2.75, 3.05) is 6.61 Å². The summed E-state index contributed by atoms with van der Waals surface area (Å²) in [5.74, 6) is 0.838. The van der Waals surface area contributed by atoms with Crippen LogP contribution in [0, 0.1) is 6.92 Å². The second-order valence-corrected chi connectivity index (χ2v) is 8.96. The average Bonchev–Trinajstić information content (AvgIpc) is 3.39. The molecule has 1 aromatic carbocycles. The van der Waals surface area contributed by atoms with E-state index >= 15 is 0 Å². The molecule has 2 N–H and O–H groups in total. The van der Waals surface area contributed by atoms with Gasteiger partial charge in [-0.25, -0.2) is 5.43 Å². The van der Waals surface area contributed by atoms with E-state index in [2.05, 4.69) is 15.8 Å². The summed E-state index contributed by atoms with van der Waals surface area (Å²) in [6.07, 6.45) is 6.54. The number of furan rings is 1. The van der Waals surface area contributed by atoms with Crippen LogP contribution in [-0.4, -0.2) is 30.2 Å². The molecule has 32 heavy (non-hydrogen) atoms. The highest BCUT2D eigenvalue weighted by Crippen LogP contribution is 2.30. The number of halogens is 2. The standard InChI is InChI=1S/C23H25Cl2N3O4/c1-13-21-17(27-28-20(29)12-31-18-10-9-14(24)11-16(18)25)7-4-8-19(21)32-22(13)23(30)26-15-5-2-3-6-15/h9-11,15H,2-8,12H2,1H3,(H,26,30)(H,28,29)/b27-17+. The molecule has 2 aliphatic rings. The molecule has 0 bridgehead atoms. The van der Waals surface area contributed by atoms with Crippen LogP contribution >= 0.6 is 23.2 Å². The zero-order valence-corrected chi connectivity index (χ0v) is 19.3. The number of amides is 2. The highest BCUT2D eigenvalue weighted by molar-refractivity contribution is 6.35. The van der Waals surface area contributed by atoms with Crippen molar-refractivity contribution in [2.24, 2.45) is 5.10 Å². The molecule has 4 rings (SSSR count). The molecule has 0 unspecified atom stereocenters. The second kappa shape index (κ2) is 9.96. The van der Waals surface area contributed by atoms with Crippen molar-refractivity contribution in [3.63, 3.8) is 0 Å². The Labute approximate surface area is 196 Å². The van der Waals surface area contributed by atoms with Crippen LogP contribution in [0.25, 0.3) is 0 Å². The molecule has 0 saturated heterocycles. The Bertz CT molecular complexity index is 1060. The van der Waals surface area contributed by atoms with Gasteiger partial charge in [0, 0.05) is 28.6 Å². The number of aryl methyl sites for hydroxylation is 1. The van der Waals surface area contributed by atoms with Crippen molar-refractivity contribution in [2.45, 2.75) is 57.9 Å². The maximum Gasteiger partial charge on any atom is 0.287 e. The third-order valence-corrected chi connectivity index (χ3v) is 6.32. The van der Waals surface area contributed by atoms with E-state index in [9.17, 15) is 9.59 Å². The van der Waals surface area contributed by atoms with E-state index in [0.717, 1.165) is 55.4 Å². The van der Waals surface area contributed by atoms with Gasteiger partial charge in [-0.3, -0.25) is 9.59 Å². The summed E-state index contributed by atoms with van der Waals surface area (Å²) in [4.78, 5) is 25.0. The first-order valence-corrected chi connectivity index (χ1v) is 11.5. The first-order valence-electron chi connectivity index (χ1n) is 10.8. The quantitative estimate of drug-likeness (QED) is 0.584. The van der Waals surface area contributed by atoms with Crippen molar-refractivity contribution < 1.29 is 18.7 Å². The lowest BCUT2D eigenvalue weighted by atomic mass is 9.93. The molecule has 1 heterocycles. The largest absolute Gasteiger partial charge is 0.482 e. The van der Waals surface area contributed by atoms with Gasteiger partial charge in [0.25, 0.3) is 11.8 Å². The van der Waals surface area contributed by atoms with Gasteiger partial charge in [-0.05, 0) is 50.8 Å². The third kappa shape index (κ3) is 5.10. The maximum atomic E-state index is 12.7. The van der Waals surface area contributed by atoms with Crippen LogP contribution in [0.1, 0.15) is 66.0 Å². The summed E-state index contributed by atoms with van der Waals surface area (Å²) in [5.41, 5.74) is 4.80. The lowest BCUT2D eigenvalue weighted by molar-refractivity contribution is -0.123. The van der Waals surface area contributed by atoms with Gasteiger partial charge >= 0.3 is 0 Å². The zero-order chi connectivity index (χ0) is 22.7. The monoisotopic (exact) mass is 477 g/mol. The Morgan fingerprint density at radius 2 is 1.97 bits per heavy atom. The van der Waals surface area contributed by atoms with Crippen molar-refractivity contribution in [1.82, 2.24) is 10.7 Å². The molecule has 0 spiro atoms. The zero-order valence-electron chi connectivity index (χ0n) is 17.8. The van der Waals surface area contributed by atoms with Gasteiger partial charge < -0.3 is 14.5 Å². The number of ether oxygens (including phenoxy) is 1. The van der Waals surface area contributed by atoms with Gasteiger partial charge in [0.1, 0.15) is 11.5 Å². The molecule has 7 nitrogen and oxygen atoms in total. The Morgan fingerprint density at radius 1 is 1.19 bits per heavy atom. The number of rotatable bonds is 6. The lowest BCUT2D eigenvalue weighted by Gasteiger charge is -2.13. The minimum absolute atomic E-state index is 0.180. The molecule has 2 amide bonds. The van der Waals surface area contributed by atoms with Gasteiger partial charge in [0.15, 0.2) is 12.4 Å². The van der Waals surface area contributed by atoms with Crippen LogP contribution in [0.3, 0.4) is 0 Å². The highest BCUT2D eigenvalue weighted by atomic mass is 35.5. The molecule has 0 radical (unpaired) electrons. The smallest absolute Gasteiger partial charge is 0.287 e. The Kier molecular flexibility index (Phi) is 7.06. The van der Waals surface area contributed by atoms with Crippen molar-refractivity contribution in [3.8, 4) is 5.75 Å². The second-order valence-electron chi connectivity index (χ2n) is 8.12. The van der Waals surface area contributed by atoms with E-state index < -0.39 is 5.91 Å². The van der Waals surface area contributed by atoms with E-state index in [1.54, 1.807) is 18.2 Å². The number of carbonyl (C=O) groups excluding carboxylic acids is 2. The fourth-order valence-corrected chi connectivity index (χ4v) is 4.68. The number of benzene rings is 1. The Morgan fingerprint density at radius 3 is 2.72 bits per heavy atom. The topological polar surface area (TPSA) is 92.9 Å². The minimum atomic E-state index is -0.420. The fourth-order valence-electron chi connectivity index (χ4n) is 4.22. The Balaban J connectivity index is 1.42. The predicted octanol–water partition coefficient (Wildman–Crippen LogP) is 4.80. The van der Waals surface area contributed by atoms with Crippen molar-refractivity contribution in [1.29, 1.82) is 0 Å². The average molecular weight is 478 g/mol. The summed E-state index contributed by atoms with van der Waals surface area (Å²) in [5, 5.41) is 8.18. The molecular weight excluding hydrogens is 453 g/mol. The maximum absolute atomic E-state index is 12.7. The van der Waals surface area contributed by atoms with Crippen LogP contribution in [0.4, 0.5) is 0 Å². The number of fused-ring (bicyclic) bond motifs is 1. The summed E-state index contributed by atoms with van der Waals surface area (Å²) in [6, 6.07) is 4.99. The minimum Gasteiger partial charge on any atom is -0.482 e. The molecule has 1 fully saturated rings. The third-order valence-electron chi connectivity index (χ3n) is 5.79. The molecule has 0 aliphatic heterocycles. The molecule has 1 aromatic heterocycles. The van der Waals surface area contributed by atoms with Crippen LogP contribution in [0.2, 0.25) is 10.0 Å². The normalized spacial score (nSPS) is 17.3. The molecule has 9 heteroatoms.